The number of carbonyl (C=O) groups excluding carboxylic acids is 2. The summed E-state index contributed by atoms with van der Waals surface area (Å²) in [5.41, 5.74) is 6.24. The molecule has 2 amide bonds. The highest BCUT2D eigenvalue weighted by atomic mass is 16.2. The molecule has 4 aromatic carbocycles. The highest BCUT2D eigenvalue weighted by Crippen LogP contribution is 2.38. The van der Waals surface area contributed by atoms with E-state index in [-0.39, 0.29) is 11.8 Å². The van der Waals surface area contributed by atoms with Crippen molar-refractivity contribution in [2.75, 3.05) is 4.90 Å². The predicted molar refractivity (Wildman–Crippen MR) is 142 cm³/mol. The Morgan fingerprint density at radius 1 is 0.583 bits per heavy atom. The number of benzene rings is 4. The quantitative estimate of drug-likeness (QED) is 0.275. The number of anilines is 1. The maximum Gasteiger partial charge on any atom is 0.268 e. The van der Waals surface area contributed by atoms with Crippen molar-refractivity contribution in [1.82, 2.24) is 9.55 Å². The van der Waals surface area contributed by atoms with E-state index in [4.69, 9.17) is 0 Å². The molecule has 170 valence electrons. The van der Waals surface area contributed by atoms with Crippen LogP contribution in [0.2, 0.25) is 0 Å². The number of para-hydroxylation sites is 2. The van der Waals surface area contributed by atoms with Crippen LogP contribution in [0, 0.1) is 0 Å². The lowest BCUT2D eigenvalue weighted by Crippen LogP contribution is -2.29. The van der Waals surface area contributed by atoms with Crippen LogP contribution in [-0.2, 0) is 0 Å². The van der Waals surface area contributed by atoms with E-state index in [1.54, 1.807) is 30.6 Å². The second kappa shape index (κ2) is 7.75. The van der Waals surface area contributed by atoms with Gasteiger partial charge in [-0.25, -0.2) is 4.90 Å². The molecular formula is C31H19N3O2. The summed E-state index contributed by atoms with van der Waals surface area (Å²) in [6, 6.07) is 33.1. The molecule has 0 bridgehead atoms. The lowest BCUT2D eigenvalue weighted by molar-refractivity contribution is 0.0926. The maximum atomic E-state index is 13.7. The molecule has 5 nitrogen and oxygen atoms in total. The van der Waals surface area contributed by atoms with Crippen LogP contribution in [0.1, 0.15) is 20.7 Å². The zero-order chi connectivity index (χ0) is 24.2. The Morgan fingerprint density at radius 2 is 1.33 bits per heavy atom. The van der Waals surface area contributed by atoms with Gasteiger partial charge in [-0.15, -0.1) is 0 Å². The Labute approximate surface area is 206 Å². The van der Waals surface area contributed by atoms with E-state index in [2.05, 4.69) is 39.9 Å². The van der Waals surface area contributed by atoms with Crippen LogP contribution in [0.3, 0.4) is 0 Å². The number of rotatable bonds is 3. The highest BCUT2D eigenvalue weighted by Gasteiger charge is 2.39. The van der Waals surface area contributed by atoms with Gasteiger partial charge in [0, 0.05) is 23.2 Å². The number of hydrogen-bond donors (Lipinski definition) is 0. The van der Waals surface area contributed by atoms with Crippen molar-refractivity contribution in [2.45, 2.75) is 0 Å². The first-order valence-corrected chi connectivity index (χ1v) is 11.7. The van der Waals surface area contributed by atoms with Gasteiger partial charge in [0.05, 0.1) is 33.5 Å². The van der Waals surface area contributed by atoms with Gasteiger partial charge in [0.2, 0.25) is 0 Å². The van der Waals surface area contributed by atoms with E-state index in [1.165, 1.54) is 4.90 Å². The van der Waals surface area contributed by atoms with Gasteiger partial charge in [0.25, 0.3) is 11.8 Å². The molecule has 0 atom stereocenters. The fraction of sp³-hybridized carbons (Fsp3) is 0. The van der Waals surface area contributed by atoms with E-state index < -0.39 is 0 Å². The average molecular weight is 466 g/mol. The normalized spacial score (nSPS) is 13.1. The minimum atomic E-state index is -0.309. The van der Waals surface area contributed by atoms with E-state index >= 15 is 0 Å². The Morgan fingerprint density at radius 3 is 2.17 bits per heavy atom. The minimum absolute atomic E-state index is 0.302. The smallest absolute Gasteiger partial charge is 0.268 e. The number of nitrogens with zero attached hydrogens (tertiary/aromatic N) is 3. The standard InChI is InChI=1S/C31H19N3O2/c35-30-24-10-6-12-28(29(24)31(36)33(30)22-7-2-1-3-8-22)34-26-11-5-4-9-23(26)25-19-21(13-14-27(25)34)20-15-17-32-18-16-20/h1-19H. The third kappa shape index (κ3) is 2.86. The summed E-state index contributed by atoms with van der Waals surface area (Å²) in [5.74, 6) is -0.611. The van der Waals surface area contributed by atoms with Crippen LogP contribution in [-0.4, -0.2) is 21.4 Å². The van der Waals surface area contributed by atoms with Gasteiger partial charge in [-0.3, -0.25) is 14.6 Å². The van der Waals surface area contributed by atoms with Gasteiger partial charge in [-0.1, -0.05) is 48.5 Å². The SMILES string of the molecule is O=C1c2cccc(-n3c4ccccc4c4cc(-c5ccncc5)ccc43)c2C(=O)N1c1ccccc1. The fourth-order valence-electron chi connectivity index (χ4n) is 5.22. The van der Waals surface area contributed by atoms with Crippen LogP contribution in [0.4, 0.5) is 5.69 Å². The van der Waals surface area contributed by atoms with E-state index in [0.717, 1.165) is 32.9 Å². The molecule has 6 aromatic rings. The molecule has 0 N–H and O–H groups in total. The zero-order valence-electron chi connectivity index (χ0n) is 19.1. The van der Waals surface area contributed by atoms with Gasteiger partial charge in [-0.2, -0.15) is 0 Å². The zero-order valence-corrected chi connectivity index (χ0v) is 19.1. The molecule has 0 saturated carbocycles. The number of fused-ring (bicyclic) bond motifs is 4. The first-order chi connectivity index (χ1) is 17.7. The molecular weight excluding hydrogens is 446 g/mol. The van der Waals surface area contributed by atoms with Crippen molar-refractivity contribution < 1.29 is 9.59 Å². The van der Waals surface area contributed by atoms with Crippen molar-refractivity contribution in [1.29, 1.82) is 0 Å². The first-order valence-electron chi connectivity index (χ1n) is 11.7. The number of hydrogen-bond acceptors (Lipinski definition) is 3. The molecule has 36 heavy (non-hydrogen) atoms. The second-order valence-electron chi connectivity index (χ2n) is 8.80. The Kier molecular flexibility index (Phi) is 4.38. The number of pyridine rings is 1. The molecule has 7 rings (SSSR count). The summed E-state index contributed by atoms with van der Waals surface area (Å²) in [7, 11) is 0. The molecule has 0 aliphatic carbocycles. The van der Waals surface area contributed by atoms with Crippen LogP contribution in [0.25, 0.3) is 38.6 Å². The van der Waals surface area contributed by atoms with E-state index in [9.17, 15) is 9.59 Å². The second-order valence-corrected chi connectivity index (χ2v) is 8.80. The Balaban J connectivity index is 1.49. The summed E-state index contributed by atoms with van der Waals surface area (Å²) >= 11 is 0. The monoisotopic (exact) mass is 465 g/mol. The number of amides is 2. The Bertz CT molecular complexity index is 1820. The highest BCUT2D eigenvalue weighted by molar-refractivity contribution is 6.35. The number of imide groups is 1. The maximum absolute atomic E-state index is 13.7. The third-order valence-electron chi connectivity index (χ3n) is 6.83. The molecule has 0 saturated heterocycles. The molecule has 5 heteroatoms. The summed E-state index contributed by atoms with van der Waals surface area (Å²) in [5, 5.41) is 2.16. The van der Waals surface area contributed by atoms with Crippen molar-refractivity contribution in [3.8, 4) is 16.8 Å². The topological polar surface area (TPSA) is 55.2 Å². The summed E-state index contributed by atoms with van der Waals surface area (Å²) in [6.07, 6.45) is 3.58. The van der Waals surface area contributed by atoms with Crippen LogP contribution < -0.4 is 4.90 Å². The van der Waals surface area contributed by atoms with Gasteiger partial charge >= 0.3 is 0 Å². The number of aromatic nitrogens is 2. The lowest BCUT2D eigenvalue weighted by atomic mass is 10.0. The van der Waals surface area contributed by atoms with Gasteiger partial charge in [0.1, 0.15) is 0 Å². The average Bonchev–Trinajstić information content (AvgIpc) is 3.40. The molecule has 0 fully saturated rings. The lowest BCUT2D eigenvalue weighted by Gasteiger charge is -2.14. The number of carbonyl (C=O) groups is 2. The first kappa shape index (κ1) is 20.4. The van der Waals surface area contributed by atoms with Gasteiger partial charge in [-0.05, 0) is 65.7 Å². The molecule has 1 aliphatic rings. The van der Waals surface area contributed by atoms with E-state index in [0.29, 0.717) is 22.5 Å². The van der Waals surface area contributed by atoms with Crippen LogP contribution in [0.5, 0.6) is 0 Å². The van der Waals surface area contributed by atoms with Crippen LogP contribution in [0.15, 0.2) is 116 Å². The fourth-order valence-corrected chi connectivity index (χ4v) is 5.22. The van der Waals surface area contributed by atoms with Crippen molar-refractivity contribution in [3.05, 3.63) is 127 Å². The van der Waals surface area contributed by atoms with Crippen molar-refractivity contribution >= 4 is 39.3 Å². The third-order valence-corrected chi connectivity index (χ3v) is 6.83. The molecule has 0 radical (unpaired) electrons. The Hall–Kier alpha value is -5.03. The van der Waals surface area contributed by atoms with Crippen molar-refractivity contribution in [3.63, 3.8) is 0 Å². The minimum Gasteiger partial charge on any atom is -0.308 e. The molecule has 2 aromatic heterocycles. The molecule has 1 aliphatic heterocycles. The summed E-state index contributed by atoms with van der Waals surface area (Å²) in [4.78, 5) is 32.5. The van der Waals surface area contributed by atoms with Crippen LogP contribution >= 0.6 is 0 Å². The van der Waals surface area contributed by atoms with Gasteiger partial charge < -0.3 is 4.57 Å². The molecule has 0 spiro atoms. The summed E-state index contributed by atoms with van der Waals surface area (Å²) < 4.78 is 2.10. The predicted octanol–water partition coefficient (Wildman–Crippen LogP) is 6.65. The van der Waals surface area contributed by atoms with Crippen molar-refractivity contribution in [2.24, 2.45) is 0 Å². The summed E-state index contributed by atoms with van der Waals surface area (Å²) in [6.45, 7) is 0. The largest absolute Gasteiger partial charge is 0.308 e. The van der Waals surface area contributed by atoms with E-state index in [1.807, 2.05) is 54.6 Å². The van der Waals surface area contributed by atoms with Gasteiger partial charge in [0.15, 0.2) is 0 Å². The molecule has 3 heterocycles. The molecule has 0 unspecified atom stereocenters.